The van der Waals surface area contributed by atoms with Gasteiger partial charge in [0, 0.05) is 17.0 Å². The Morgan fingerprint density at radius 3 is 2.40 bits per heavy atom. The Morgan fingerprint density at radius 2 is 1.80 bits per heavy atom. The molecule has 0 bridgehead atoms. The number of rotatable bonds is 4. The maximum Gasteiger partial charge on any atom is 1.00 e. The summed E-state index contributed by atoms with van der Waals surface area (Å²) in [4.78, 5) is 13.5. The molecular formula is C12H8Cl4KNO2. The first-order valence-corrected chi connectivity index (χ1v) is 6.96. The number of carbonyl (C=O) groups excluding carboxylic acids is 1. The summed E-state index contributed by atoms with van der Waals surface area (Å²) in [6.07, 6.45) is 0.877. The summed E-state index contributed by atoms with van der Waals surface area (Å²) in [5, 5.41) is 12.3. The van der Waals surface area contributed by atoms with Gasteiger partial charge in [0.05, 0.1) is 25.6 Å². The number of carboxylic acids is 1. The zero-order valence-electron chi connectivity index (χ0n) is 10.5. The molecule has 0 atom stereocenters. The van der Waals surface area contributed by atoms with Crippen LogP contribution >= 0.6 is 46.4 Å². The van der Waals surface area contributed by atoms with Gasteiger partial charge in [0.25, 0.3) is 0 Å². The molecule has 1 aromatic heterocycles. The van der Waals surface area contributed by atoms with Crippen molar-refractivity contribution in [2.24, 2.45) is 0 Å². The Hall–Kier alpha value is 1.03. The number of nitrogens with one attached hydrogen (secondary N) is 1. The minimum absolute atomic E-state index is 0. The Bertz CT molecular complexity index is 657. The van der Waals surface area contributed by atoms with E-state index in [-0.39, 0.29) is 67.9 Å². The van der Waals surface area contributed by atoms with Gasteiger partial charge in [0.15, 0.2) is 0 Å². The van der Waals surface area contributed by atoms with Crippen molar-refractivity contribution in [2.75, 3.05) is 0 Å². The standard InChI is InChI=1S/C12H9Cl4NO2.K/c13-5-4-7-9(12(16)10(5)14)11(15)6(17-7)2-1-3-8(18)19;/h4,17H,1-3H2,(H,18,19);/q;+1/p-1. The fourth-order valence-electron chi connectivity index (χ4n) is 1.86. The predicted molar refractivity (Wildman–Crippen MR) is 76.3 cm³/mol. The molecule has 1 N–H and O–H groups in total. The Labute approximate surface area is 178 Å². The van der Waals surface area contributed by atoms with E-state index in [4.69, 9.17) is 46.4 Å². The number of hydrogen-bond acceptors (Lipinski definition) is 2. The number of H-pyrrole nitrogens is 1. The first-order chi connectivity index (χ1) is 8.91. The van der Waals surface area contributed by atoms with E-state index in [2.05, 4.69) is 4.98 Å². The summed E-state index contributed by atoms with van der Waals surface area (Å²) in [5.41, 5.74) is 1.38. The fourth-order valence-corrected chi connectivity index (χ4v) is 2.94. The van der Waals surface area contributed by atoms with Crippen LogP contribution in [0.25, 0.3) is 10.9 Å². The van der Waals surface area contributed by atoms with Gasteiger partial charge in [-0.2, -0.15) is 0 Å². The Balaban J connectivity index is 0.00000200. The van der Waals surface area contributed by atoms with Gasteiger partial charge in [-0.1, -0.05) is 46.4 Å². The summed E-state index contributed by atoms with van der Waals surface area (Å²) in [5.74, 6) is -1.09. The van der Waals surface area contributed by atoms with Crippen molar-refractivity contribution in [2.45, 2.75) is 19.3 Å². The molecule has 2 aromatic rings. The van der Waals surface area contributed by atoms with Crippen LogP contribution in [0.1, 0.15) is 18.5 Å². The third kappa shape index (κ3) is 4.06. The fraction of sp³-hybridized carbons (Fsp3) is 0.250. The molecular weight excluding hydrogens is 371 g/mol. The SMILES string of the molecule is O=C([O-])CCCc1[nH]c2cc(Cl)c(Cl)c(Cl)c2c1Cl.[K+]. The summed E-state index contributed by atoms with van der Waals surface area (Å²) in [7, 11) is 0. The molecule has 102 valence electrons. The van der Waals surface area contributed by atoms with Crippen LogP contribution in [-0.4, -0.2) is 11.0 Å². The summed E-state index contributed by atoms with van der Waals surface area (Å²) < 4.78 is 0. The molecule has 2 rings (SSSR count). The van der Waals surface area contributed by atoms with E-state index in [1.165, 1.54) is 0 Å². The second-order valence-electron chi connectivity index (χ2n) is 4.05. The zero-order valence-corrected chi connectivity index (χ0v) is 16.7. The van der Waals surface area contributed by atoms with Gasteiger partial charge in [0.1, 0.15) is 0 Å². The normalized spacial score (nSPS) is 10.6. The average molecular weight is 379 g/mol. The van der Waals surface area contributed by atoms with E-state index < -0.39 is 5.97 Å². The maximum atomic E-state index is 10.4. The van der Waals surface area contributed by atoms with Gasteiger partial charge in [-0.25, -0.2) is 0 Å². The van der Waals surface area contributed by atoms with Crippen molar-refractivity contribution in [1.82, 2.24) is 4.98 Å². The molecule has 0 saturated carbocycles. The van der Waals surface area contributed by atoms with Crippen LogP contribution in [0, 0.1) is 0 Å². The van der Waals surface area contributed by atoms with Crippen LogP contribution in [0.15, 0.2) is 6.07 Å². The van der Waals surface area contributed by atoms with E-state index in [1.807, 2.05) is 0 Å². The van der Waals surface area contributed by atoms with Crippen molar-refractivity contribution in [3.8, 4) is 0 Å². The number of aryl methyl sites for hydroxylation is 1. The smallest absolute Gasteiger partial charge is 0.550 e. The molecule has 0 aliphatic rings. The maximum absolute atomic E-state index is 10.4. The van der Waals surface area contributed by atoms with Crippen LogP contribution in [0.3, 0.4) is 0 Å². The van der Waals surface area contributed by atoms with E-state index in [0.29, 0.717) is 39.5 Å². The van der Waals surface area contributed by atoms with Gasteiger partial charge < -0.3 is 14.9 Å². The van der Waals surface area contributed by atoms with Gasteiger partial charge in [0.2, 0.25) is 0 Å². The van der Waals surface area contributed by atoms with E-state index in [1.54, 1.807) is 6.07 Å². The van der Waals surface area contributed by atoms with Crippen molar-refractivity contribution in [3.63, 3.8) is 0 Å². The summed E-state index contributed by atoms with van der Waals surface area (Å²) in [6, 6.07) is 1.64. The van der Waals surface area contributed by atoms with Crippen molar-refractivity contribution in [3.05, 3.63) is 31.9 Å². The molecule has 3 nitrogen and oxygen atoms in total. The number of carboxylic acid groups (broad SMARTS) is 1. The molecule has 0 aliphatic heterocycles. The first-order valence-electron chi connectivity index (χ1n) is 5.45. The number of aromatic nitrogens is 1. The predicted octanol–water partition coefficient (Wildman–Crippen LogP) is 0.858. The van der Waals surface area contributed by atoms with Gasteiger partial charge in [-0.15, -0.1) is 0 Å². The van der Waals surface area contributed by atoms with E-state index in [0.717, 1.165) is 0 Å². The third-order valence-corrected chi connectivity index (χ3v) is 4.42. The Morgan fingerprint density at radius 1 is 1.15 bits per heavy atom. The van der Waals surface area contributed by atoms with Crippen LogP contribution in [0.5, 0.6) is 0 Å². The number of aliphatic carboxylic acids is 1. The van der Waals surface area contributed by atoms with Crippen LogP contribution in [0.4, 0.5) is 0 Å². The molecule has 20 heavy (non-hydrogen) atoms. The molecule has 1 aromatic carbocycles. The van der Waals surface area contributed by atoms with Crippen molar-refractivity contribution < 1.29 is 61.3 Å². The van der Waals surface area contributed by atoms with E-state index >= 15 is 0 Å². The zero-order chi connectivity index (χ0) is 14.2. The quantitative estimate of drug-likeness (QED) is 0.633. The van der Waals surface area contributed by atoms with Crippen molar-refractivity contribution >= 4 is 63.3 Å². The Kier molecular flexibility index (Phi) is 7.67. The second-order valence-corrected chi connectivity index (χ2v) is 5.59. The first kappa shape index (κ1) is 19.1. The van der Waals surface area contributed by atoms with Gasteiger partial charge in [-0.05, 0) is 25.3 Å². The largest absolute Gasteiger partial charge is 1.00 e. The topological polar surface area (TPSA) is 55.9 Å². The number of aromatic amines is 1. The minimum atomic E-state index is -1.09. The summed E-state index contributed by atoms with van der Waals surface area (Å²) in [6.45, 7) is 0. The average Bonchev–Trinajstić information content (AvgIpc) is 2.63. The molecule has 0 amide bonds. The number of halogens is 4. The number of hydrogen-bond donors (Lipinski definition) is 1. The molecule has 0 spiro atoms. The molecule has 0 unspecified atom stereocenters. The summed E-state index contributed by atoms with van der Waals surface area (Å²) >= 11 is 24.2. The third-order valence-electron chi connectivity index (χ3n) is 2.74. The molecule has 0 aliphatic carbocycles. The minimum Gasteiger partial charge on any atom is -0.550 e. The molecule has 8 heteroatoms. The van der Waals surface area contributed by atoms with Gasteiger partial charge in [-0.3, -0.25) is 0 Å². The van der Waals surface area contributed by atoms with E-state index in [9.17, 15) is 9.90 Å². The monoisotopic (exact) mass is 377 g/mol. The number of fused-ring (bicyclic) bond motifs is 1. The van der Waals surface area contributed by atoms with Gasteiger partial charge >= 0.3 is 51.4 Å². The second kappa shape index (κ2) is 8.04. The number of carbonyl (C=O) groups is 1. The van der Waals surface area contributed by atoms with Crippen LogP contribution < -0.4 is 56.5 Å². The van der Waals surface area contributed by atoms with Crippen LogP contribution in [0.2, 0.25) is 20.1 Å². The molecule has 0 saturated heterocycles. The van der Waals surface area contributed by atoms with Crippen molar-refractivity contribution in [1.29, 1.82) is 0 Å². The molecule has 0 radical (unpaired) electrons. The number of benzene rings is 1. The molecule has 1 heterocycles. The van der Waals surface area contributed by atoms with Crippen LogP contribution in [-0.2, 0) is 11.2 Å². The molecule has 0 fully saturated rings.